The fourth-order valence-electron chi connectivity index (χ4n) is 1.63. The predicted octanol–water partition coefficient (Wildman–Crippen LogP) is 4.95. The quantitative estimate of drug-likeness (QED) is 0.386. The van der Waals surface area contributed by atoms with E-state index < -0.39 is 0 Å². The standard InChI is InChI=1S/C13H26/c1-5-7-8-9-10-13(6-2)11-12(3)4/h11-12H,5-10H2,1-4H3. The van der Waals surface area contributed by atoms with Gasteiger partial charge < -0.3 is 0 Å². The minimum Gasteiger partial charge on any atom is -0.0828 e. The van der Waals surface area contributed by atoms with Gasteiger partial charge in [0.05, 0.1) is 0 Å². The van der Waals surface area contributed by atoms with E-state index in [0.717, 1.165) is 5.92 Å². The predicted molar refractivity (Wildman–Crippen MR) is 62.0 cm³/mol. The first kappa shape index (κ1) is 12.7. The summed E-state index contributed by atoms with van der Waals surface area (Å²) in [4.78, 5) is 0. The van der Waals surface area contributed by atoms with Crippen LogP contribution in [0.4, 0.5) is 0 Å². The third-order valence-corrected chi connectivity index (χ3v) is 2.37. The Morgan fingerprint density at radius 2 is 1.77 bits per heavy atom. The van der Waals surface area contributed by atoms with E-state index in [-0.39, 0.29) is 0 Å². The molecule has 0 saturated heterocycles. The molecule has 0 amide bonds. The molecule has 0 aliphatic rings. The minimum atomic E-state index is 0.723. The van der Waals surface area contributed by atoms with E-state index in [1.807, 2.05) is 0 Å². The summed E-state index contributed by atoms with van der Waals surface area (Å²) in [7, 11) is 0. The van der Waals surface area contributed by atoms with Gasteiger partial charge in [-0.1, -0.05) is 58.6 Å². The van der Waals surface area contributed by atoms with Crippen LogP contribution in [0.2, 0.25) is 0 Å². The fraction of sp³-hybridized carbons (Fsp3) is 0.846. The van der Waals surface area contributed by atoms with E-state index in [0.29, 0.717) is 0 Å². The van der Waals surface area contributed by atoms with Crippen molar-refractivity contribution in [3.05, 3.63) is 11.6 Å². The second-order valence-electron chi connectivity index (χ2n) is 4.23. The Balaban J connectivity index is 3.60. The molecule has 78 valence electrons. The molecular formula is C13H26. The summed E-state index contributed by atoms with van der Waals surface area (Å²) in [5.41, 5.74) is 1.66. The Labute approximate surface area is 84.4 Å². The average Bonchev–Trinajstić information content (AvgIpc) is 2.09. The maximum atomic E-state index is 2.44. The Kier molecular flexibility index (Phi) is 8.18. The Hall–Kier alpha value is -0.260. The second kappa shape index (κ2) is 8.34. The van der Waals surface area contributed by atoms with Crippen molar-refractivity contribution in [2.24, 2.45) is 5.92 Å². The molecule has 0 spiro atoms. The first-order valence-electron chi connectivity index (χ1n) is 5.90. The second-order valence-corrected chi connectivity index (χ2v) is 4.23. The van der Waals surface area contributed by atoms with Crippen LogP contribution in [0, 0.1) is 5.92 Å². The van der Waals surface area contributed by atoms with Gasteiger partial charge in [0.2, 0.25) is 0 Å². The normalized spacial score (nSPS) is 12.5. The molecule has 0 bridgehead atoms. The molecule has 0 radical (unpaired) electrons. The van der Waals surface area contributed by atoms with Crippen molar-refractivity contribution < 1.29 is 0 Å². The monoisotopic (exact) mass is 182 g/mol. The van der Waals surface area contributed by atoms with Gasteiger partial charge in [-0.2, -0.15) is 0 Å². The lowest BCUT2D eigenvalue weighted by Gasteiger charge is -2.06. The Morgan fingerprint density at radius 3 is 2.23 bits per heavy atom. The Bertz CT molecular complexity index is 131. The summed E-state index contributed by atoms with van der Waals surface area (Å²) < 4.78 is 0. The van der Waals surface area contributed by atoms with Crippen molar-refractivity contribution in [1.82, 2.24) is 0 Å². The number of hydrogen-bond donors (Lipinski definition) is 0. The molecule has 13 heavy (non-hydrogen) atoms. The van der Waals surface area contributed by atoms with Gasteiger partial charge in [0.1, 0.15) is 0 Å². The highest BCUT2D eigenvalue weighted by atomic mass is 14.0. The zero-order valence-electron chi connectivity index (χ0n) is 9.90. The topological polar surface area (TPSA) is 0 Å². The van der Waals surface area contributed by atoms with Gasteiger partial charge in [0.15, 0.2) is 0 Å². The smallest absolute Gasteiger partial charge is 0.0288 e. The van der Waals surface area contributed by atoms with Crippen molar-refractivity contribution >= 4 is 0 Å². The first-order chi connectivity index (χ1) is 6.20. The third-order valence-electron chi connectivity index (χ3n) is 2.37. The summed E-state index contributed by atoms with van der Waals surface area (Å²) in [5.74, 6) is 0.723. The summed E-state index contributed by atoms with van der Waals surface area (Å²) in [5, 5.41) is 0. The lowest BCUT2D eigenvalue weighted by atomic mass is 10.0. The molecule has 0 nitrogen and oxygen atoms in total. The van der Waals surface area contributed by atoms with Gasteiger partial charge in [-0.3, -0.25) is 0 Å². The molecule has 0 fully saturated rings. The number of rotatable bonds is 7. The number of hydrogen-bond acceptors (Lipinski definition) is 0. The van der Waals surface area contributed by atoms with E-state index in [1.54, 1.807) is 5.57 Å². The fourth-order valence-corrected chi connectivity index (χ4v) is 1.63. The van der Waals surface area contributed by atoms with Gasteiger partial charge in [-0.05, 0) is 25.2 Å². The van der Waals surface area contributed by atoms with E-state index >= 15 is 0 Å². The molecule has 0 aliphatic carbocycles. The van der Waals surface area contributed by atoms with Crippen LogP contribution in [0.5, 0.6) is 0 Å². The van der Waals surface area contributed by atoms with Gasteiger partial charge in [-0.25, -0.2) is 0 Å². The van der Waals surface area contributed by atoms with E-state index in [1.165, 1.54) is 38.5 Å². The summed E-state index contributed by atoms with van der Waals surface area (Å²) >= 11 is 0. The lowest BCUT2D eigenvalue weighted by molar-refractivity contribution is 0.652. The van der Waals surface area contributed by atoms with Crippen LogP contribution < -0.4 is 0 Å². The molecule has 0 aromatic carbocycles. The zero-order valence-corrected chi connectivity index (χ0v) is 9.90. The van der Waals surface area contributed by atoms with Crippen LogP contribution >= 0.6 is 0 Å². The summed E-state index contributed by atoms with van der Waals surface area (Å²) in [6, 6.07) is 0. The minimum absolute atomic E-state index is 0.723. The van der Waals surface area contributed by atoms with Crippen LogP contribution in [0.3, 0.4) is 0 Å². The molecule has 0 heterocycles. The highest BCUT2D eigenvalue weighted by molar-refractivity contribution is 5.02. The first-order valence-corrected chi connectivity index (χ1v) is 5.90. The van der Waals surface area contributed by atoms with Crippen molar-refractivity contribution in [1.29, 1.82) is 0 Å². The van der Waals surface area contributed by atoms with Crippen molar-refractivity contribution in [3.63, 3.8) is 0 Å². The molecular weight excluding hydrogens is 156 g/mol. The van der Waals surface area contributed by atoms with Gasteiger partial charge >= 0.3 is 0 Å². The molecule has 0 N–H and O–H groups in total. The average molecular weight is 182 g/mol. The number of unbranched alkanes of at least 4 members (excludes halogenated alkanes) is 3. The molecule has 0 heteroatoms. The molecule has 0 unspecified atom stereocenters. The van der Waals surface area contributed by atoms with Crippen LogP contribution in [0.1, 0.15) is 66.2 Å². The molecule has 0 saturated carbocycles. The van der Waals surface area contributed by atoms with Crippen molar-refractivity contribution in [2.75, 3.05) is 0 Å². The van der Waals surface area contributed by atoms with E-state index in [4.69, 9.17) is 0 Å². The number of allylic oxidation sites excluding steroid dienone is 2. The SMILES string of the molecule is CCCCCCC(=CC(C)C)CC. The van der Waals surface area contributed by atoms with Crippen LogP contribution in [-0.4, -0.2) is 0 Å². The van der Waals surface area contributed by atoms with Crippen LogP contribution in [-0.2, 0) is 0 Å². The van der Waals surface area contributed by atoms with Crippen LogP contribution in [0.15, 0.2) is 11.6 Å². The van der Waals surface area contributed by atoms with Crippen molar-refractivity contribution in [3.8, 4) is 0 Å². The molecule has 0 rings (SSSR count). The van der Waals surface area contributed by atoms with Crippen molar-refractivity contribution in [2.45, 2.75) is 66.2 Å². The summed E-state index contributed by atoms with van der Waals surface area (Å²) in [6.45, 7) is 9.07. The summed E-state index contributed by atoms with van der Waals surface area (Å²) in [6.07, 6.45) is 10.5. The van der Waals surface area contributed by atoms with Gasteiger partial charge in [0, 0.05) is 0 Å². The zero-order chi connectivity index (χ0) is 10.1. The maximum absolute atomic E-state index is 2.44. The molecule has 0 aliphatic heterocycles. The van der Waals surface area contributed by atoms with Gasteiger partial charge in [0.25, 0.3) is 0 Å². The third kappa shape index (κ3) is 8.08. The molecule has 0 aromatic rings. The highest BCUT2D eigenvalue weighted by Crippen LogP contribution is 2.15. The van der Waals surface area contributed by atoms with Crippen LogP contribution in [0.25, 0.3) is 0 Å². The lowest BCUT2D eigenvalue weighted by Crippen LogP contribution is -1.88. The van der Waals surface area contributed by atoms with E-state index in [9.17, 15) is 0 Å². The molecule has 0 atom stereocenters. The maximum Gasteiger partial charge on any atom is -0.0288 e. The largest absolute Gasteiger partial charge is 0.0828 e. The van der Waals surface area contributed by atoms with E-state index in [2.05, 4.69) is 33.8 Å². The highest BCUT2D eigenvalue weighted by Gasteiger charge is 1.96. The van der Waals surface area contributed by atoms with Gasteiger partial charge in [-0.15, -0.1) is 0 Å². The Morgan fingerprint density at radius 1 is 1.08 bits per heavy atom. The molecule has 0 aromatic heterocycles.